The second-order valence-corrected chi connectivity index (χ2v) is 8.10. The zero-order valence-corrected chi connectivity index (χ0v) is 17.5. The predicted octanol–water partition coefficient (Wildman–Crippen LogP) is 3.93. The summed E-state index contributed by atoms with van der Waals surface area (Å²) in [7, 11) is 0. The largest absolute Gasteiger partial charge is 0.490 e. The van der Waals surface area contributed by atoms with Crippen molar-refractivity contribution in [3.63, 3.8) is 0 Å². The molecule has 0 aliphatic rings. The van der Waals surface area contributed by atoms with Gasteiger partial charge in [0.15, 0.2) is 0 Å². The maximum Gasteiger partial charge on any atom is 0.214 e. The van der Waals surface area contributed by atoms with E-state index in [9.17, 15) is 5.11 Å². The van der Waals surface area contributed by atoms with Crippen molar-refractivity contribution in [2.75, 3.05) is 12.4 Å². The van der Waals surface area contributed by atoms with Gasteiger partial charge in [0.05, 0.1) is 11.8 Å². The van der Waals surface area contributed by atoms with Crippen molar-refractivity contribution in [2.24, 2.45) is 0 Å². The van der Waals surface area contributed by atoms with Gasteiger partial charge in [-0.3, -0.25) is 0 Å². The number of rotatable bonds is 8. The SMILES string of the molecule is Cc1cccc(C)c1OC[C@H](O)CSc1nnnn1-c1ccc(C(C)C)cc1. The molecule has 1 N–H and O–H groups in total. The fraction of sp³-hybridized carbons (Fsp3) is 0.381. The topological polar surface area (TPSA) is 73.1 Å². The Morgan fingerprint density at radius 3 is 2.39 bits per heavy atom. The molecule has 0 saturated carbocycles. The summed E-state index contributed by atoms with van der Waals surface area (Å²) >= 11 is 1.41. The van der Waals surface area contributed by atoms with E-state index < -0.39 is 6.10 Å². The number of benzene rings is 2. The Labute approximate surface area is 169 Å². The molecule has 28 heavy (non-hydrogen) atoms. The Hall–Kier alpha value is -2.38. The van der Waals surface area contributed by atoms with Crippen molar-refractivity contribution in [2.45, 2.75) is 44.9 Å². The Kier molecular flexibility index (Phi) is 6.70. The van der Waals surface area contributed by atoms with Crippen LogP contribution < -0.4 is 4.74 Å². The summed E-state index contributed by atoms with van der Waals surface area (Å²) in [4.78, 5) is 0. The highest BCUT2D eigenvalue weighted by molar-refractivity contribution is 7.99. The van der Waals surface area contributed by atoms with Gasteiger partial charge in [0, 0.05) is 5.75 Å². The van der Waals surface area contributed by atoms with Gasteiger partial charge in [-0.15, -0.1) is 5.10 Å². The van der Waals surface area contributed by atoms with Gasteiger partial charge in [-0.2, -0.15) is 4.68 Å². The first-order chi connectivity index (χ1) is 13.5. The van der Waals surface area contributed by atoms with E-state index in [0.29, 0.717) is 16.8 Å². The molecule has 1 atom stereocenters. The Bertz CT molecular complexity index is 889. The molecule has 0 radical (unpaired) electrons. The number of tetrazole rings is 1. The average Bonchev–Trinajstić information content (AvgIpc) is 3.14. The molecule has 2 aromatic carbocycles. The molecule has 6 nitrogen and oxygen atoms in total. The van der Waals surface area contributed by atoms with Crippen LogP contribution in [0.3, 0.4) is 0 Å². The number of para-hydroxylation sites is 1. The first-order valence-electron chi connectivity index (χ1n) is 9.34. The summed E-state index contributed by atoms with van der Waals surface area (Å²) < 4.78 is 7.52. The third kappa shape index (κ3) is 4.91. The fourth-order valence-corrected chi connectivity index (χ4v) is 3.65. The zero-order valence-electron chi connectivity index (χ0n) is 16.7. The van der Waals surface area contributed by atoms with E-state index in [1.165, 1.54) is 17.3 Å². The van der Waals surface area contributed by atoms with E-state index in [4.69, 9.17) is 4.74 Å². The fourth-order valence-electron chi connectivity index (χ4n) is 2.86. The lowest BCUT2D eigenvalue weighted by Crippen LogP contribution is -2.21. The predicted molar refractivity (Wildman–Crippen MR) is 111 cm³/mol. The number of hydrogen-bond acceptors (Lipinski definition) is 6. The molecule has 0 fully saturated rings. The summed E-state index contributed by atoms with van der Waals surface area (Å²) in [5.41, 5.74) is 4.30. The number of nitrogens with zero attached hydrogens (tertiary/aromatic N) is 4. The Morgan fingerprint density at radius 1 is 1.07 bits per heavy atom. The van der Waals surface area contributed by atoms with Crippen LogP contribution in [0.25, 0.3) is 5.69 Å². The van der Waals surface area contributed by atoms with Crippen molar-refractivity contribution < 1.29 is 9.84 Å². The molecule has 7 heteroatoms. The van der Waals surface area contributed by atoms with E-state index in [1.54, 1.807) is 4.68 Å². The molecule has 0 aliphatic heterocycles. The van der Waals surface area contributed by atoms with Gasteiger partial charge in [0.2, 0.25) is 5.16 Å². The van der Waals surface area contributed by atoms with Crippen molar-refractivity contribution in [3.8, 4) is 11.4 Å². The van der Waals surface area contributed by atoms with Gasteiger partial charge in [-0.05, 0) is 59.0 Å². The van der Waals surface area contributed by atoms with Crippen LogP contribution in [0, 0.1) is 13.8 Å². The van der Waals surface area contributed by atoms with Crippen molar-refractivity contribution >= 4 is 11.8 Å². The highest BCUT2D eigenvalue weighted by Crippen LogP contribution is 2.24. The summed E-state index contributed by atoms with van der Waals surface area (Å²) in [6.07, 6.45) is -0.627. The van der Waals surface area contributed by atoms with Gasteiger partial charge in [0.25, 0.3) is 0 Å². The number of thioether (sulfide) groups is 1. The molecular weight excluding hydrogens is 372 g/mol. The van der Waals surface area contributed by atoms with Crippen LogP contribution in [-0.2, 0) is 0 Å². The van der Waals surface area contributed by atoms with E-state index in [2.05, 4.69) is 41.5 Å². The van der Waals surface area contributed by atoms with E-state index >= 15 is 0 Å². The normalized spacial score (nSPS) is 12.4. The van der Waals surface area contributed by atoms with E-state index in [-0.39, 0.29) is 6.61 Å². The molecule has 1 aromatic heterocycles. The summed E-state index contributed by atoms with van der Waals surface area (Å²) in [5.74, 6) is 1.75. The summed E-state index contributed by atoms with van der Waals surface area (Å²) in [5, 5.41) is 22.9. The molecule has 0 amide bonds. The monoisotopic (exact) mass is 398 g/mol. The minimum absolute atomic E-state index is 0.226. The van der Waals surface area contributed by atoms with Gasteiger partial charge in [0.1, 0.15) is 12.4 Å². The third-order valence-corrected chi connectivity index (χ3v) is 5.54. The van der Waals surface area contributed by atoms with Crippen LogP contribution in [0.5, 0.6) is 5.75 Å². The zero-order chi connectivity index (χ0) is 20.1. The van der Waals surface area contributed by atoms with Crippen LogP contribution >= 0.6 is 11.8 Å². The lowest BCUT2D eigenvalue weighted by atomic mass is 10.0. The smallest absolute Gasteiger partial charge is 0.214 e. The first-order valence-corrected chi connectivity index (χ1v) is 10.3. The van der Waals surface area contributed by atoms with Crippen molar-refractivity contribution in [1.82, 2.24) is 20.2 Å². The standard InChI is InChI=1S/C21H26N4O2S/c1-14(2)17-8-10-18(11-9-17)25-21(22-23-24-25)28-13-19(26)12-27-20-15(3)6-5-7-16(20)4/h5-11,14,19,26H,12-13H2,1-4H3/t19-/m0/s1. The van der Waals surface area contributed by atoms with E-state index in [1.807, 2.05) is 44.2 Å². The Balaban J connectivity index is 1.59. The van der Waals surface area contributed by atoms with Crippen molar-refractivity contribution in [1.29, 1.82) is 0 Å². The molecule has 0 bridgehead atoms. The Morgan fingerprint density at radius 2 is 1.75 bits per heavy atom. The maximum absolute atomic E-state index is 10.3. The van der Waals surface area contributed by atoms with Gasteiger partial charge in [-0.25, -0.2) is 0 Å². The molecule has 3 aromatic rings. The number of ether oxygens (including phenoxy) is 1. The lowest BCUT2D eigenvalue weighted by molar-refractivity contribution is 0.125. The lowest BCUT2D eigenvalue weighted by Gasteiger charge is -2.15. The minimum Gasteiger partial charge on any atom is -0.490 e. The van der Waals surface area contributed by atoms with Crippen LogP contribution in [0.1, 0.15) is 36.5 Å². The molecule has 148 valence electrons. The molecule has 0 spiro atoms. The van der Waals surface area contributed by atoms with Crippen LogP contribution in [0.2, 0.25) is 0 Å². The number of aryl methyl sites for hydroxylation is 2. The highest BCUT2D eigenvalue weighted by Gasteiger charge is 2.14. The first kappa shape index (κ1) is 20.4. The second kappa shape index (κ2) is 9.21. The molecule has 0 unspecified atom stereocenters. The molecule has 0 saturated heterocycles. The quantitative estimate of drug-likeness (QED) is 0.580. The van der Waals surface area contributed by atoms with Crippen LogP contribution in [0.15, 0.2) is 47.6 Å². The minimum atomic E-state index is -0.627. The number of aliphatic hydroxyl groups excluding tert-OH is 1. The van der Waals surface area contributed by atoms with Gasteiger partial charge >= 0.3 is 0 Å². The van der Waals surface area contributed by atoms with Crippen LogP contribution in [-0.4, -0.2) is 43.8 Å². The molecular formula is C21H26N4O2S. The van der Waals surface area contributed by atoms with E-state index in [0.717, 1.165) is 22.6 Å². The highest BCUT2D eigenvalue weighted by atomic mass is 32.2. The van der Waals surface area contributed by atoms with Crippen molar-refractivity contribution in [3.05, 3.63) is 59.2 Å². The summed E-state index contributed by atoms with van der Waals surface area (Å²) in [6, 6.07) is 14.2. The maximum atomic E-state index is 10.3. The average molecular weight is 399 g/mol. The van der Waals surface area contributed by atoms with Gasteiger partial charge in [-0.1, -0.05) is 55.9 Å². The van der Waals surface area contributed by atoms with Crippen LogP contribution in [0.4, 0.5) is 0 Å². The number of hydrogen-bond donors (Lipinski definition) is 1. The molecule has 0 aliphatic carbocycles. The third-order valence-electron chi connectivity index (χ3n) is 4.48. The molecule has 1 heterocycles. The number of aliphatic hydroxyl groups is 1. The summed E-state index contributed by atoms with van der Waals surface area (Å²) in [6.45, 7) is 8.55. The number of aromatic nitrogens is 4. The molecule has 3 rings (SSSR count). The second-order valence-electron chi connectivity index (χ2n) is 7.12. The van der Waals surface area contributed by atoms with Gasteiger partial charge < -0.3 is 9.84 Å².